The summed E-state index contributed by atoms with van der Waals surface area (Å²) < 4.78 is 14.3. The van der Waals surface area contributed by atoms with Gasteiger partial charge in [0, 0.05) is 6.08 Å². The summed E-state index contributed by atoms with van der Waals surface area (Å²) in [5.41, 5.74) is 0.807. The van der Waals surface area contributed by atoms with Gasteiger partial charge >= 0.3 is 18.0 Å². The lowest BCUT2D eigenvalue weighted by Crippen LogP contribution is -2.53. The summed E-state index contributed by atoms with van der Waals surface area (Å²) in [6.07, 6.45) is 1.78. The fourth-order valence-electron chi connectivity index (χ4n) is 2.41. The quantitative estimate of drug-likeness (QED) is 0.336. The molecule has 0 fully saturated rings. The van der Waals surface area contributed by atoms with E-state index in [9.17, 15) is 19.2 Å². The molecule has 9 heteroatoms. The minimum atomic E-state index is -1.04. The number of rotatable bonds is 10. The van der Waals surface area contributed by atoms with Gasteiger partial charge in [0.05, 0.1) is 14.2 Å². The van der Waals surface area contributed by atoms with Gasteiger partial charge in [0.2, 0.25) is 5.91 Å². The monoisotopic (exact) mass is 420 g/mol. The van der Waals surface area contributed by atoms with E-state index in [0.717, 1.165) is 11.6 Å². The number of nitrogens with one attached hydrogen (secondary N) is 2. The van der Waals surface area contributed by atoms with E-state index in [4.69, 9.17) is 9.47 Å². The molecule has 2 amide bonds. The molecule has 0 radical (unpaired) electrons. The first kappa shape index (κ1) is 24.7. The van der Waals surface area contributed by atoms with Crippen molar-refractivity contribution in [3.63, 3.8) is 0 Å². The van der Waals surface area contributed by atoms with Crippen LogP contribution in [0.1, 0.15) is 25.8 Å². The zero-order chi connectivity index (χ0) is 22.5. The van der Waals surface area contributed by atoms with E-state index in [1.54, 1.807) is 13.8 Å². The highest BCUT2D eigenvalue weighted by molar-refractivity contribution is 5.90. The third-order valence-corrected chi connectivity index (χ3v) is 4.06. The van der Waals surface area contributed by atoms with Crippen molar-refractivity contribution in [1.29, 1.82) is 0 Å². The molecule has 0 spiro atoms. The van der Waals surface area contributed by atoms with E-state index < -0.39 is 36.0 Å². The van der Waals surface area contributed by atoms with Crippen LogP contribution in [0.25, 0.3) is 0 Å². The first-order valence-corrected chi connectivity index (χ1v) is 9.38. The standard InChI is InChI=1S/C21H28N2O7/c1-14(2)18(23-21(27)30-13-15-9-6-5-7-10-15)19(25)22-16(20(26)29-4)11-8-12-17(24)28-3/h5-10,12,14,16,18H,11,13H2,1-4H3,(H,22,25)(H,23,27)/b12-8+/t16-,18-/m0/s1. The third-order valence-electron chi connectivity index (χ3n) is 4.06. The van der Waals surface area contributed by atoms with Gasteiger partial charge in [-0.15, -0.1) is 0 Å². The molecule has 1 rings (SSSR count). The summed E-state index contributed by atoms with van der Waals surface area (Å²) >= 11 is 0. The second kappa shape index (κ2) is 13.0. The molecule has 2 N–H and O–H groups in total. The predicted octanol–water partition coefficient (Wildman–Crippen LogP) is 1.71. The predicted molar refractivity (Wildman–Crippen MR) is 108 cm³/mol. The highest BCUT2D eigenvalue weighted by Crippen LogP contribution is 2.07. The van der Waals surface area contributed by atoms with E-state index in [1.807, 2.05) is 30.3 Å². The molecule has 0 aliphatic heterocycles. The zero-order valence-electron chi connectivity index (χ0n) is 17.5. The Labute approximate surface area is 175 Å². The van der Waals surface area contributed by atoms with Crippen molar-refractivity contribution in [2.24, 2.45) is 5.92 Å². The summed E-state index contributed by atoms with van der Waals surface area (Å²) in [7, 11) is 2.41. The van der Waals surface area contributed by atoms with Crippen LogP contribution >= 0.6 is 0 Å². The highest BCUT2D eigenvalue weighted by Gasteiger charge is 2.29. The maximum absolute atomic E-state index is 12.7. The van der Waals surface area contributed by atoms with Crippen molar-refractivity contribution < 1.29 is 33.4 Å². The smallest absolute Gasteiger partial charge is 0.408 e. The Kier molecular flexibility index (Phi) is 10.7. The number of alkyl carbamates (subject to hydrolysis) is 1. The first-order chi connectivity index (χ1) is 14.3. The minimum absolute atomic E-state index is 0.0107. The fraction of sp³-hybridized carbons (Fsp3) is 0.429. The second-order valence-corrected chi connectivity index (χ2v) is 6.67. The molecular formula is C21H28N2O7. The van der Waals surface area contributed by atoms with Crippen LogP contribution in [0.15, 0.2) is 42.5 Å². The number of carbonyl (C=O) groups excluding carboxylic acids is 4. The molecular weight excluding hydrogens is 392 g/mol. The van der Waals surface area contributed by atoms with Gasteiger partial charge in [-0.1, -0.05) is 50.3 Å². The number of esters is 2. The molecule has 0 unspecified atom stereocenters. The van der Waals surface area contributed by atoms with Crippen molar-refractivity contribution in [2.75, 3.05) is 14.2 Å². The van der Waals surface area contributed by atoms with E-state index in [2.05, 4.69) is 15.4 Å². The largest absolute Gasteiger partial charge is 0.467 e. The summed E-state index contributed by atoms with van der Waals surface area (Å²) in [5.74, 6) is -2.14. The van der Waals surface area contributed by atoms with Gasteiger partial charge in [-0.25, -0.2) is 14.4 Å². The third kappa shape index (κ3) is 8.76. The van der Waals surface area contributed by atoms with Crippen molar-refractivity contribution in [1.82, 2.24) is 10.6 Å². The Morgan fingerprint density at radius 1 is 1.00 bits per heavy atom. The Morgan fingerprint density at radius 3 is 2.23 bits per heavy atom. The van der Waals surface area contributed by atoms with Crippen LogP contribution in [-0.2, 0) is 35.2 Å². The molecule has 1 aromatic rings. The van der Waals surface area contributed by atoms with Crippen molar-refractivity contribution >= 4 is 23.9 Å². The molecule has 9 nitrogen and oxygen atoms in total. The fourth-order valence-corrected chi connectivity index (χ4v) is 2.41. The van der Waals surface area contributed by atoms with E-state index in [0.29, 0.717) is 0 Å². The van der Waals surface area contributed by atoms with Gasteiger partial charge in [-0.05, 0) is 17.9 Å². The number of carbonyl (C=O) groups is 4. The Morgan fingerprint density at radius 2 is 1.67 bits per heavy atom. The second-order valence-electron chi connectivity index (χ2n) is 6.67. The molecule has 164 valence electrons. The van der Waals surface area contributed by atoms with Gasteiger partial charge in [-0.3, -0.25) is 4.79 Å². The number of hydrogen-bond donors (Lipinski definition) is 2. The average molecular weight is 420 g/mol. The summed E-state index contributed by atoms with van der Waals surface area (Å²) in [6, 6.07) is 7.13. The molecule has 0 aliphatic rings. The van der Waals surface area contributed by atoms with Crippen LogP contribution in [-0.4, -0.2) is 50.2 Å². The normalized spacial score (nSPS) is 12.7. The summed E-state index contributed by atoms with van der Waals surface area (Å²) in [6.45, 7) is 3.54. The molecule has 2 atom stereocenters. The van der Waals surface area contributed by atoms with E-state index in [1.165, 1.54) is 20.3 Å². The zero-order valence-corrected chi connectivity index (χ0v) is 17.5. The van der Waals surface area contributed by atoms with Crippen molar-refractivity contribution in [3.8, 4) is 0 Å². The maximum Gasteiger partial charge on any atom is 0.408 e. The Balaban J connectivity index is 2.72. The molecule has 0 aromatic heterocycles. The topological polar surface area (TPSA) is 120 Å². The summed E-state index contributed by atoms with van der Waals surface area (Å²) in [5, 5.41) is 5.05. The van der Waals surface area contributed by atoms with Crippen molar-refractivity contribution in [2.45, 2.75) is 39.0 Å². The lowest BCUT2D eigenvalue weighted by atomic mass is 10.0. The lowest BCUT2D eigenvalue weighted by molar-refractivity contribution is -0.145. The number of methoxy groups -OCH3 is 2. The number of hydrogen-bond acceptors (Lipinski definition) is 7. The van der Waals surface area contributed by atoms with Crippen LogP contribution in [0.2, 0.25) is 0 Å². The number of benzene rings is 1. The Hall–Kier alpha value is -3.36. The molecule has 0 heterocycles. The van der Waals surface area contributed by atoms with E-state index in [-0.39, 0.29) is 18.9 Å². The number of ether oxygens (including phenoxy) is 3. The van der Waals surface area contributed by atoms with Crippen LogP contribution in [0, 0.1) is 5.92 Å². The molecule has 0 saturated heterocycles. The SMILES string of the molecule is COC(=O)/C=C/C[C@H](NC(=O)[C@@H](NC(=O)OCc1ccccc1)C(C)C)C(=O)OC. The van der Waals surface area contributed by atoms with Crippen LogP contribution < -0.4 is 10.6 Å². The Bertz CT molecular complexity index is 747. The highest BCUT2D eigenvalue weighted by atomic mass is 16.5. The number of amides is 2. The van der Waals surface area contributed by atoms with Crippen molar-refractivity contribution in [3.05, 3.63) is 48.0 Å². The van der Waals surface area contributed by atoms with E-state index >= 15 is 0 Å². The minimum Gasteiger partial charge on any atom is -0.467 e. The van der Waals surface area contributed by atoms with Crippen LogP contribution in [0.4, 0.5) is 4.79 Å². The lowest BCUT2D eigenvalue weighted by Gasteiger charge is -2.24. The van der Waals surface area contributed by atoms with Gasteiger partial charge in [-0.2, -0.15) is 0 Å². The molecule has 0 saturated carbocycles. The molecule has 1 aromatic carbocycles. The van der Waals surface area contributed by atoms with Crippen LogP contribution in [0.5, 0.6) is 0 Å². The summed E-state index contributed by atoms with van der Waals surface area (Å²) in [4.78, 5) is 47.9. The molecule has 30 heavy (non-hydrogen) atoms. The van der Waals surface area contributed by atoms with Gasteiger partial charge in [0.15, 0.2) is 0 Å². The molecule has 0 aliphatic carbocycles. The van der Waals surface area contributed by atoms with Gasteiger partial charge in [0.1, 0.15) is 18.7 Å². The van der Waals surface area contributed by atoms with Crippen LogP contribution in [0.3, 0.4) is 0 Å². The van der Waals surface area contributed by atoms with Gasteiger partial charge < -0.3 is 24.8 Å². The van der Waals surface area contributed by atoms with Gasteiger partial charge in [0.25, 0.3) is 0 Å². The average Bonchev–Trinajstić information content (AvgIpc) is 2.74. The first-order valence-electron chi connectivity index (χ1n) is 9.38. The molecule has 0 bridgehead atoms. The maximum atomic E-state index is 12.7.